The van der Waals surface area contributed by atoms with Gasteiger partial charge in [-0.1, -0.05) is 13.8 Å². The first-order valence-electron chi connectivity index (χ1n) is 9.55. The number of ketones is 2. The summed E-state index contributed by atoms with van der Waals surface area (Å²) >= 11 is 0. The lowest BCUT2D eigenvalue weighted by Gasteiger charge is -2.43. The summed E-state index contributed by atoms with van der Waals surface area (Å²) in [4.78, 5) is 29.2. The third-order valence-electron chi connectivity index (χ3n) is 5.80. The van der Waals surface area contributed by atoms with Crippen LogP contribution in [-0.2, 0) is 9.59 Å². The largest absolute Gasteiger partial charge is 0.316 e. The van der Waals surface area contributed by atoms with Crippen molar-refractivity contribution in [2.45, 2.75) is 52.5 Å². The van der Waals surface area contributed by atoms with Crippen molar-refractivity contribution in [1.82, 2.24) is 15.1 Å². The zero-order chi connectivity index (χ0) is 17.7. The molecule has 0 bridgehead atoms. The SMILES string of the molecule is CC(C)C(=O)CCN1CCN(C(C)(C)C(=O)C[C@H]2CCNC2)CC1. The quantitative estimate of drug-likeness (QED) is 0.729. The first-order chi connectivity index (χ1) is 11.3. The van der Waals surface area contributed by atoms with Gasteiger partial charge in [-0.3, -0.25) is 14.5 Å². The van der Waals surface area contributed by atoms with Gasteiger partial charge in [0.05, 0.1) is 5.54 Å². The highest BCUT2D eigenvalue weighted by molar-refractivity contribution is 5.87. The van der Waals surface area contributed by atoms with Gasteiger partial charge in [-0.15, -0.1) is 0 Å². The van der Waals surface area contributed by atoms with Gasteiger partial charge in [0.25, 0.3) is 0 Å². The van der Waals surface area contributed by atoms with E-state index >= 15 is 0 Å². The molecule has 0 unspecified atom stereocenters. The molecule has 0 radical (unpaired) electrons. The van der Waals surface area contributed by atoms with E-state index in [-0.39, 0.29) is 11.5 Å². The Hall–Kier alpha value is -0.780. The summed E-state index contributed by atoms with van der Waals surface area (Å²) in [6, 6.07) is 0. The van der Waals surface area contributed by atoms with Gasteiger partial charge in [0.2, 0.25) is 0 Å². The van der Waals surface area contributed by atoms with Crippen LogP contribution in [0.1, 0.15) is 47.0 Å². The molecule has 0 aliphatic carbocycles. The van der Waals surface area contributed by atoms with E-state index in [0.29, 0.717) is 30.3 Å². The average Bonchev–Trinajstić information content (AvgIpc) is 3.05. The minimum atomic E-state index is -0.373. The summed E-state index contributed by atoms with van der Waals surface area (Å²) in [6.45, 7) is 14.7. The number of nitrogens with one attached hydrogen (secondary N) is 1. The molecule has 2 saturated heterocycles. The van der Waals surface area contributed by atoms with Crippen LogP contribution in [0.4, 0.5) is 0 Å². The molecular formula is C19H35N3O2. The Morgan fingerprint density at radius 2 is 1.83 bits per heavy atom. The second-order valence-electron chi connectivity index (χ2n) is 8.24. The van der Waals surface area contributed by atoms with Crippen LogP contribution in [0, 0.1) is 11.8 Å². The predicted molar refractivity (Wildman–Crippen MR) is 97.2 cm³/mol. The van der Waals surface area contributed by atoms with Crippen LogP contribution < -0.4 is 5.32 Å². The fraction of sp³-hybridized carbons (Fsp3) is 0.895. The third-order valence-corrected chi connectivity index (χ3v) is 5.80. The first kappa shape index (κ1) is 19.5. The molecule has 24 heavy (non-hydrogen) atoms. The fourth-order valence-electron chi connectivity index (χ4n) is 3.66. The van der Waals surface area contributed by atoms with E-state index in [4.69, 9.17) is 0 Å². The second-order valence-corrected chi connectivity index (χ2v) is 8.24. The molecule has 0 amide bonds. The summed E-state index contributed by atoms with van der Waals surface area (Å²) in [6.07, 6.45) is 2.47. The predicted octanol–water partition coefficient (Wildman–Crippen LogP) is 1.57. The molecule has 1 N–H and O–H groups in total. The zero-order valence-corrected chi connectivity index (χ0v) is 15.9. The van der Waals surface area contributed by atoms with Gasteiger partial charge in [0.15, 0.2) is 5.78 Å². The second kappa shape index (κ2) is 8.54. The maximum atomic E-state index is 12.8. The van der Waals surface area contributed by atoms with Crippen molar-refractivity contribution < 1.29 is 9.59 Å². The Labute approximate surface area is 147 Å². The molecule has 0 aromatic heterocycles. The summed E-state index contributed by atoms with van der Waals surface area (Å²) in [5.74, 6) is 1.37. The molecule has 5 nitrogen and oxygen atoms in total. The van der Waals surface area contributed by atoms with E-state index < -0.39 is 0 Å². The van der Waals surface area contributed by atoms with Crippen molar-refractivity contribution in [1.29, 1.82) is 0 Å². The number of rotatable bonds is 8. The fourth-order valence-corrected chi connectivity index (χ4v) is 3.66. The van der Waals surface area contributed by atoms with Gasteiger partial charge in [-0.05, 0) is 39.3 Å². The molecule has 1 atom stereocenters. The number of hydrogen-bond acceptors (Lipinski definition) is 5. The molecule has 0 spiro atoms. The monoisotopic (exact) mass is 337 g/mol. The molecule has 2 aliphatic heterocycles. The van der Waals surface area contributed by atoms with Crippen molar-refractivity contribution in [3.05, 3.63) is 0 Å². The average molecular weight is 338 g/mol. The number of carbonyl (C=O) groups is 2. The third kappa shape index (κ3) is 5.11. The van der Waals surface area contributed by atoms with E-state index in [0.717, 1.165) is 52.2 Å². The Bertz CT molecular complexity index is 434. The maximum Gasteiger partial charge on any atom is 0.152 e. The van der Waals surface area contributed by atoms with Gasteiger partial charge < -0.3 is 10.2 Å². The highest BCUT2D eigenvalue weighted by atomic mass is 16.1. The molecule has 0 aromatic rings. The van der Waals surface area contributed by atoms with Crippen molar-refractivity contribution in [2.24, 2.45) is 11.8 Å². The number of Topliss-reactive ketones (excluding diaryl/α,β-unsaturated/α-hetero) is 2. The minimum absolute atomic E-state index is 0.132. The van der Waals surface area contributed by atoms with Crippen molar-refractivity contribution in [2.75, 3.05) is 45.8 Å². The van der Waals surface area contributed by atoms with Crippen LogP contribution >= 0.6 is 0 Å². The first-order valence-corrected chi connectivity index (χ1v) is 9.55. The summed E-state index contributed by atoms with van der Waals surface area (Å²) in [5, 5.41) is 3.35. The topological polar surface area (TPSA) is 52.7 Å². The lowest BCUT2D eigenvalue weighted by atomic mass is 9.88. The van der Waals surface area contributed by atoms with Gasteiger partial charge in [-0.25, -0.2) is 0 Å². The number of hydrogen-bond donors (Lipinski definition) is 1. The van der Waals surface area contributed by atoms with E-state index in [1.807, 2.05) is 13.8 Å². The van der Waals surface area contributed by atoms with Gasteiger partial charge >= 0.3 is 0 Å². The van der Waals surface area contributed by atoms with Crippen LogP contribution in [0.25, 0.3) is 0 Å². The highest BCUT2D eigenvalue weighted by Crippen LogP contribution is 2.24. The Kier molecular flexibility index (Phi) is 6.96. The molecule has 0 saturated carbocycles. The molecular weight excluding hydrogens is 302 g/mol. The minimum Gasteiger partial charge on any atom is -0.316 e. The molecule has 2 aliphatic rings. The molecule has 2 heterocycles. The highest BCUT2D eigenvalue weighted by Gasteiger charge is 2.37. The van der Waals surface area contributed by atoms with Crippen LogP contribution in [-0.4, -0.2) is 72.7 Å². The number of piperazine rings is 1. The van der Waals surface area contributed by atoms with Gasteiger partial charge in [0.1, 0.15) is 5.78 Å². The summed E-state index contributed by atoms with van der Waals surface area (Å²) in [7, 11) is 0. The van der Waals surface area contributed by atoms with Crippen molar-refractivity contribution >= 4 is 11.6 Å². The van der Waals surface area contributed by atoms with Crippen LogP contribution in [0.3, 0.4) is 0 Å². The number of carbonyl (C=O) groups excluding carboxylic acids is 2. The van der Waals surface area contributed by atoms with Crippen LogP contribution in [0.2, 0.25) is 0 Å². The molecule has 0 aromatic carbocycles. The summed E-state index contributed by atoms with van der Waals surface area (Å²) in [5.41, 5.74) is -0.373. The zero-order valence-electron chi connectivity index (χ0n) is 15.9. The van der Waals surface area contributed by atoms with E-state index in [1.165, 1.54) is 0 Å². The summed E-state index contributed by atoms with van der Waals surface area (Å²) < 4.78 is 0. The molecule has 2 fully saturated rings. The van der Waals surface area contributed by atoms with Gasteiger partial charge in [0, 0.05) is 51.5 Å². The molecule has 2 rings (SSSR count). The van der Waals surface area contributed by atoms with E-state index in [2.05, 4.69) is 29.0 Å². The smallest absolute Gasteiger partial charge is 0.152 e. The lowest BCUT2D eigenvalue weighted by Crippen LogP contribution is -2.58. The normalized spacial score (nSPS) is 23.8. The van der Waals surface area contributed by atoms with Crippen molar-refractivity contribution in [3.63, 3.8) is 0 Å². The number of nitrogens with zero attached hydrogens (tertiary/aromatic N) is 2. The Balaban J connectivity index is 1.77. The molecule has 138 valence electrons. The van der Waals surface area contributed by atoms with Gasteiger partial charge in [-0.2, -0.15) is 0 Å². The Morgan fingerprint density at radius 3 is 2.38 bits per heavy atom. The van der Waals surface area contributed by atoms with Crippen LogP contribution in [0.15, 0.2) is 0 Å². The standard InChI is InChI=1S/C19H35N3O2/c1-15(2)17(23)6-8-21-9-11-22(12-10-21)19(3,4)18(24)13-16-5-7-20-14-16/h15-16,20H,5-14H2,1-4H3/t16-/m1/s1. The van der Waals surface area contributed by atoms with Crippen molar-refractivity contribution in [3.8, 4) is 0 Å². The van der Waals surface area contributed by atoms with Crippen LogP contribution in [0.5, 0.6) is 0 Å². The maximum absolute atomic E-state index is 12.8. The van der Waals surface area contributed by atoms with E-state index in [9.17, 15) is 9.59 Å². The van der Waals surface area contributed by atoms with E-state index in [1.54, 1.807) is 0 Å². The Morgan fingerprint density at radius 1 is 1.17 bits per heavy atom. The lowest BCUT2D eigenvalue weighted by molar-refractivity contribution is -0.131. The molecule has 5 heteroatoms.